The van der Waals surface area contributed by atoms with Crippen LogP contribution >= 0.6 is 0 Å². The van der Waals surface area contributed by atoms with Crippen molar-refractivity contribution in [3.05, 3.63) is 29.8 Å². The third kappa shape index (κ3) is 2.69. The molecule has 3 nitrogen and oxygen atoms in total. The van der Waals surface area contributed by atoms with E-state index in [0.29, 0.717) is 17.2 Å². The minimum Gasteiger partial charge on any atom is -0.532 e. The second kappa shape index (κ2) is 5.90. The normalized spacial score (nSPS) is 25.1. The zero-order valence-corrected chi connectivity index (χ0v) is 12.0. The Morgan fingerprint density at radius 1 is 1.05 bits per heavy atom. The Morgan fingerprint density at radius 3 is 2.10 bits per heavy atom. The van der Waals surface area contributed by atoms with E-state index in [4.69, 9.17) is 9.39 Å². The van der Waals surface area contributed by atoms with E-state index in [9.17, 15) is 4.79 Å². The highest BCUT2D eigenvalue weighted by molar-refractivity contribution is 6.58. The fourth-order valence-corrected chi connectivity index (χ4v) is 3.73. The van der Waals surface area contributed by atoms with Crippen molar-refractivity contribution >= 4 is 12.9 Å². The van der Waals surface area contributed by atoms with Crippen LogP contribution in [-0.4, -0.2) is 20.0 Å². The van der Waals surface area contributed by atoms with Gasteiger partial charge in [-0.3, -0.25) is 0 Å². The lowest BCUT2D eigenvalue weighted by Crippen LogP contribution is -2.38. The van der Waals surface area contributed by atoms with Crippen LogP contribution in [0.15, 0.2) is 24.3 Å². The Labute approximate surface area is 120 Å². The number of benzene rings is 1. The van der Waals surface area contributed by atoms with Gasteiger partial charge in [-0.1, -0.05) is 38.5 Å². The van der Waals surface area contributed by atoms with Crippen LogP contribution in [0.1, 0.15) is 48.9 Å². The van der Waals surface area contributed by atoms with Crippen LogP contribution in [-0.2, 0) is 4.65 Å². The number of fused-ring (bicyclic) bond motifs is 2. The molecule has 2 heterocycles. The van der Waals surface area contributed by atoms with E-state index in [1.54, 1.807) is 31.4 Å². The number of hydrogen-bond donors (Lipinski definition) is 0. The molecular weight excluding hydrogens is 251 g/mol. The van der Waals surface area contributed by atoms with Gasteiger partial charge in [0.25, 0.3) is 0 Å². The van der Waals surface area contributed by atoms with Crippen LogP contribution < -0.4 is 4.74 Å². The third-order valence-electron chi connectivity index (χ3n) is 4.80. The van der Waals surface area contributed by atoms with Crippen LogP contribution in [0.2, 0.25) is 11.6 Å². The summed E-state index contributed by atoms with van der Waals surface area (Å²) in [6.07, 6.45) is 7.47. The number of carbonyl (C=O) groups is 1. The summed E-state index contributed by atoms with van der Waals surface area (Å²) in [5.41, 5.74) is 0.620. The molecule has 2 fully saturated rings. The molecule has 1 aromatic rings. The molecule has 0 amide bonds. The first kappa shape index (κ1) is 13.5. The number of ether oxygens (including phenoxy) is 1. The molecule has 2 aliphatic heterocycles. The Balaban J connectivity index is 1.68. The maximum atomic E-state index is 12.3. The molecule has 0 N–H and O–H groups in total. The van der Waals surface area contributed by atoms with E-state index >= 15 is 0 Å². The van der Waals surface area contributed by atoms with Crippen LogP contribution in [0.3, 0.4) is 0 Å². The van der Waals surface area contributed by atoms with Gasteiger partial charge >= 0.3 is 12.9 Å². The molecule has 20 heavy (non-hydrogen) atoms. The van der Waals surface area contributed by atoms with Crippen LogP contribution in [0.25, 0.3) is 0 Å². The molecule has 1 aromatic carbocycles. The minimum atomic E-state index is -0.184. The highest BCUT2D eigenvalue weighted by Gasteiger charge is 2.43. The summed E-state index contributed by atoms with van der Waals surface area (Å²) >= 11 is 0. The largest absolute Gasteiger partial charge is 0.532 e. The predicted octanol–water partition coefficient (Wildman–Crippen LogP) is 3.95. The van der Waals surface area contributed by atoms with Gasteiger partial charge in [0.1, 0.15) is 5.75 Å². The smallest absolute Gasteiger partial charge is 0.368 e. The lowest BCUT2D eigenvalue weighted by atomic mass is 9.38. The number of rotatable bonds is 3. The average Bonchev–Trinajstić information content (AvgIpc) is 2.47. The standard InChI is InChI=1S/C16H21BO3/c1-19-15-10-8-12(9-11-15)16(18)20-17-13-4-2-5-14(17)7-3-6-13/h8-11,13-14H,2-7H2,1H3. The SMILES string of the molecule is COc1ccc(C(=O)OB2C3CCCC2CCC3)cc1. The summed E-state index contributed by atoms with van der Waals surface area (Å²) < 4.78 is 10.9. The Hall–Kier alpha value is -1.45. The highest BCUT2D eigenvalue weighted by Crippen LogP contribution is 2.46. The average molecular weight is 272 g/mol. The second-order valence-electron chi connectivity index (χ2n) is 5.98. The number of methoxy groups -OCH3 is 1. The zero-order valence-electron chi connectivity index (χ0n) is 12.0. The fraction of sp³-hybridized carbons (Fsp3) is 0.562. The molecule has 0 radical (unpaired) electrons. The van der Waals surface area contributed by atoms with Crippen molar-refractivity contribution in [2.75, 3.05) is 7.11 Å². The lowest BCUT2D eigenvalue weighted by molar-refractivity contribution is 0.0713. The Morgan fingerprint density at radius 2 is 1.60 bits per heavy atom. The molecule has 0 aliphatic carbocycles. The Bertz CT molecular complexity index is 449. The molecule has 2 bridgehead atoms. The van der Waals surface area contributed by atoms with Gasteiger partial charge in [-0.15, -0.1) is 0 Å². The summed E-state index contributed by atoms with van der Waals surface area (Å²) in [6, 6.07) is 7.16. The monoisotopic (exact) mass is 272 g/mol. The van der Waals surface area contributed by atoms with Crippen LogP contribution in [0, 0.1) is 0 Å². The van der Waals surface area contributed by atoms with Crippen molar-refractivity contribution in [3.8, 4) is 5.75 Å². The first-order valence-electron chi connectivity index (χ1n) is 7.63. The van der Waals surface area contributed by atoms with Crippen molar-refractivity contribution in [3.63, 3.8) is 0 Å². The maximum Gasteiger partial charge on any atom is 0.368 e. The first-order valence-corrected chi connectivity index (χ1v) is 7.63. The van der Waals surface area contributed by atoms with Gasteiger partial charge in [0, 0.05) is 0 Å². The summed E-state index contributed by atoms with van der Waals surface area (Å²) in [4.78, 5) is 12.3. The van der Waals surface area contributed by atoms with Gasteiger partial charge in [-0.25, -0.2) is 4.79 Å². The van der Waals surface area contributed by atoms with E-state index < -0.39 is 0 Å². The highest BCUT2D eigenvalue weighted by atomic mass is 16.5. The molecule has 0 unspecified atom stereocenters. The third-order valence-corrected chi connectivity index (χ3v) is 4.80. The van der Waals surface area contributed by atoms with Gasteiger partial charge in [-0.2, -0.15) is 0 Å². The minimum absolute atomic E-state index is 0.145. The van der Waals surface area contributed by atoms with E-state index in [2.05, 4.69) is 0 Å². The summed E-state index contributed by atoms with van der Waals surface area (Å²) in [5, 5.41) is 0. The molecule has 0 atom stereocenters. The Kier molecular flexibility index (Phi) is 3.99. The number of carbonyl (C=O) groups excluding carboxylic acids is 1. The molecule has 106 valence electrons. The molecule has 3 rings (SSSR count). The topological polar surface area (TPSA) is 35.5 Å². The van der Waals surface area contributed by atoms with E-state index in [0.717, 1.165) is 5.75 Å². The zero-order chi connectivity index (χ0) is 13.9. The molecule has 2 aliphatic rings. The van der Waals surface area contributed by atoms with Gasteiger partial charge in [0.05, 0.1) is 12.7 Å². The van der Waals surface area contributed by atoms with E-state index in [1.807, 2.05) is 0 Å². The quantitative estimate of drug-likeness (QED) is 0.781. The van der Waals surface area contributed by atoms with Crippen molar-refractivity contribution in [1.82, 2.24) is 0 Å². The van der Waals surface area contributed by atoms with Crippen LogP contribution in [0.5, 0.6) is 5.75 Å². The lowest BCUT2D eigenvalue weighted by Gasteiger charge is -2.38. The van der Waals surface area contributed by atoms with Crippen molar-refractivity contribution in [2.24, 2.45) is 0 Å². The fourth-order valence-electron chi connectivity index (χ4n) is 3.73. The summed E-state index contributed by atoms with van der Waals surface area (Å²) in [7, 11) is 1.62. The second-order valence-corrected chi connectivity index (χ2v) is 5.98. The van der Waals surface area contributed by atoms with Gasteiger partial charge in [0.15, 0.2) is 0 Å². The van der Waals surface area contributed by atoms with E-state index in [1.165, 1.54) is 38.5 Å². The van der Waals surface area contributed by atoms with Gasteiger partial charge in [-0.05, 0) is 35.9 Å². The molecular formula is C16H21BO3. The molecule has 4 heteroatoms. The number of hydrogen-bond acceptors (Lipinski definition) is 3. The van der Waals surface area contributed by atoms with Crippen LogP contribution in [0.4, 0.5) is 0 Å². The van der Waals surface area contributed by atoms with Gasteiger partial charge < -0.3 is 9.39 Å². The molecule has 0 saturated carbocycles. The molecule has 0 spiro atoms. The maximum absolute atomic E-state index is 12.3. The van der Waals surface area contributed by atoms with Gasteiger partial charge in [0.2, 0.25) is 0 Å². The molecule has 0 aromatic heterocycles. The predicted molar refractivity (Wildman–Crippen MR) is 79.4 cm³/mol. The first-order chi connectivity index (χ1) is 9.78. The van der Waals surface area contributed by atoms with Crippen molar-refractivity contribution in [2.45, 2.75) is 50.2 Å². The summed E-state index contributed by atoms with van der Waals surface area (Å²) in [5.74, 6) is 1.75. The molecule has 2 saturated heterocycles. The summed E-state index contributed by atoms with van der Waals surface area (Å²) in [6.45, 7) is 0.145. The van der Waals surface area contributed by atoms with E-state index in [-0.39, 0.29) is 12.9 Å². The van der Waals surface area contributed by atoms with Crippen molar-refractivity contribution < 1.29 is 14.2 Å². The van der Waals surface area contributed by atoms with Crippen molar-refractivity contribution in [1.29, 1.82) is 0 Å².